The maximum absolute atomic E-state index is 14.3. The van der Waals surface area contributed by atoms with Crippen molar-refractivity contribution in [2.45, 2.75) is 19.8 Å². The first-order chi connectivity index (χ1) is 13.7. The van der Waals surface area contributed by atoms with E-state index >= 15 is 0 Å². The van der Waals surface area contributed by atoms with Crippen LogP contribution < -0.4 is 4.74 Å². The summed E-state index contributed by atoms with van der Waals surface area (Å²) >= 11 is 6.37. The summed E-state index contributed by atoms with van der Waals surface area (Å²) in [4.78, 5) is 7.33. The van der Waals surface area contributed by atoms with Gasteiger partial charge >= 0.3 is 0 Å². The highest BCUT2D eigenvalue weighted by molar-refractivity contribution is 6.32. The fourth-order valence-electron chi connectivity index (χ4n) is 2.95. The van der Waals surface area contributed by atoms with E-state index in [1.54, 1.807) is 6.20 Å². The Morgan fingerprint density at radius 2 is 1.82 bits per heavy atom. The zero-order chi connectivity index (χ0) is 19.3. The Kier molecular flexibility index (Phi) is 5.55. The van der Waals surface area contributed by atoms with E-state index in [2.05, 4.69) is 9.97 Å². The monoisotopic (exact) mass is 396 g/mol. The molecule has 0 spiro atoms. The second kappa shape index (κ2) is 8.42. The van der Waals surface area contributed by atoms with Crippen LogP contribution in [0.5, 0.6) is 5.75 Å². The molecule has 0 aliphatic rings. The third-order valence-corrected chi connectivity index (χ3v) is 4.84. The molecule has 28 heavy (non-hydrogen) atoms. The van der Waals surface area contributed by atoms with Gasteiger partial charge < -0.3 is 14.5 Å². The predicted molar refractivity (Wildman–Crippen MR) is 107 cm³/mol. The smallest absolute Gasteiger partial charge is 0.138 e. The van der Waals surface area contributed by atoms with E-state index in [1.807, 2.05) is 48.7 Å². The fourth-order valence-corrected chi connectivity index (χ4v) is 3.21. The van der Waals surface area contributed by atoms with Crippen LogP contribution in [-0.4, -0.2) is 9.97 Å². The maximum Gasteiger partial charge on any atom is 0.138 e. The first-order valence-corrected chi connectivity index (χ1v) is 9.22. The molecule has 2 heterocycles. The largest absolute Gasteiger partial charge is 0.487 e. The SMILES string of the molecule is Fc1ccc(OCc2ccccc2)c(Cl)c1COCc1c[nH]c2ncccc12. The lowest BCUT2D eigenvalue weighted by Crippen LogP contribution is -2.01. The van der Waals surface area contributed by atoms with E-state index in [9.17, 15) is 4.39 Å². The molecular weight excluding hydrogens is 379 g/mol. The summed E-state index contributed by atoms with van der Waals surface area (Å²) in [5, 5.41) is 1.21. The molecule has 0 radical (unpaired) electrons. The molecule has 0 saturated carbocycles. The van der Waals surface area contributed by atoms with Gasteiger partial charge in [0, 0.05) is 28.9 Å². The molecule has 4 nitrogen and oxygen atoms in total. The molecule has 0 amide bonds. The highest BCUT2D eigenvalue weighted by Crippen LogP contribution is 2.31. The number of halogens is 2. The summed E-state index contributed by atoms with van der Waals surface area (Å²) in [5.74, 6) is 0.0134. The van der Waals surface area contributed by atoms with Crippen LogP contribution in [0.1, 0.15) is 16.7 Å². The van der Waals surface area contributed by atoms with Gasteiger partial charge in [-0.3, -0.25) is 0 Å². The number of nitrogens with zero attached hydrogens (tertiary/aromatic N) is 1. The summed E-state index contributed by atoms with van der Waals surface area (Å²) in [5.41, 5.74) is 3.04. The van der Waals surface area contributed by atoms with E-state index in [0.717, 1.165) is 22.2 Å². The second-order valence-corrected chi connectivity index (χ2v) is 6.70. The molecule has 1 N–H and O–H groups in total. The van der Waals surface area contributed by atoms with Gasteiger partial charge in [-0.2, -0.15) is 0 Å². The summed E-state index contributed by atoms with van der Waals surface area (Å²) < 4.78 is 25.8. The van der Waals surface area contributed by atoms with Crippen molar-refractivity contribution in [2.75, 3.05) is 0 Å². The van der Waals surface area contributed by atoms with Gasteiger partial charge in [0.2, 0.25) is 0 Å². The van der Waals surface area contributed by atoms with E-state index in [4.69, 9.17) is 21.1 Å². The van der Waals surface area contributed by atoms with E-state index in [1.165, 1.54) is 12.1 Å². The highest BCUT2D eigenvalue weighted by atomic mass is 35.5. The lowest BCUT2D eigenvalue weighted by molar-refractivity contribution is 0.105. The second-order valence-electron chi connectivity index (χ2n) is 6.32. The molecule has 142 valence electrons. The van der Waals surface area contributed by atoms with Crippen LogP contribution in [0.15, 0.2) is 67.0 Å². The number of H-pyrrole nitrogens is 1. The molecule has 0 fully saturated rings. The topological polar surface area (TPSA) is 47.1 Å². The van der Waals surface area contributed by atoms with Crippen LogP contribution in [0.4, 0.5) is 4.39 Å². The molecule has 2 aromatic heterocycles. The van der Waals surface area contributed by atoms with Crippen LogP contribution in [0.25, 0.3) is 11.0 Å². The number of nitrogens with one attached hydrogen (secondary N) is 1. The minimum absolute atomic E-state index is 0.0418. The van der Waals surface area contributed by atoms with Crippen molar-refractivity contribution in [1.29, 1.82) is 0 Å². The predicted octanol–water partition coefficient (Wildman–Crippen LogP) is 5.65. The molecule has 0 bridgehead atoms. The number of aromatic amines is 1. The Morgan fingerprint density at radius 3 is 2.68 bits per heavy atom. The van der Waals surface area contributed by atoms with Crippen LogP contribution in [0.3, 0.4) is 0 Å². The van der Waals surface area contributed by atoms with Gasteiger partial charge in [0.15, 0.2) is 0 Å². The number of rotatable bonds is 7. The van der Waals surface area contributed by atoms with Crippen molar-refractivity contribution in [3.63, 3.8) is 0 Å². The molecule has 0 aliphatic carbocycles. The fraction of sp³-hybridized carbons (Fsp3) is 0.136. The van der Waals surface area contributed by atoms with Crippen LogP contribution >= 0.6 is 11.6 Å². The van der Waals surface area contributed by atoms with Crippen molar-refractivity contribution in [3.8, 4) is 5.75 Å². The number of aromatic nitrogens is 2. The summed E-state index contributed by atoms with van der Waals surface area (Å²) in [6, 6.07) is 16.4. The summed E-state index contributed by atoms with van der Waals surface area (Å²) in [7, 11) is 0. The molecule has 6 heteroatoms. The minimum Gasteiger partial charge on any atom is -0.487 e. The van der Waals surface area contributed by atoms with E-state index < -0.39 is 5.82 Å². The molecule has 4 aromatic rings. The van der Waals surface area contributed by atoms with Gasteiger partial charge in [0.25, 0.3) is 0 Å². The highest BCUT2D eigenvalue weighted by Gasteiger charge is 2.14. The number of hydrogen-bond acceptors (Lipinski definition) is 3. The number of pyridine rings is 1. The molecule has 0 aliphatic heterocycles. The Balaban J connectivity index is 1.43. The van der Waals surface area contributed by atoms with Crippen molar-refractivity contribution in [2.24, 2.45) is 0 Å². The van der Waals surface area contributed by atoms with Crippen molar-refractivity contribution < 1.29 is 13.9 Å². The molecule has 0 saturated heterocycles. The van der Waals surface area contributed by atoms with Crippen LogP contribution in [0.2, 0.25) is 5.02 Å². The van der Waals surface area contributed by atoms with Gasteiger partial charge in [-0.15, -0.1) is 0 Å². The Labute approximate surface area is 166 Å². The van der Waals surface area contributed by atoms with Gasteiger partial charge in [-0.25, -0.2) is 9.37 Å². The third kappa shape index (κ3) is 4.01. The van der Waals surface area contributed by atoms with Crippen LogP contribution in [-0.2, 0) is 24.6 Å². The lowest BCUT2D eigenvalue weighted by Gasteiger charge is -2.13. The van der Waals surface area contributed by atoms with Gasteiger partial charge in [0.05, 0.1) is 18.2 Å². The zero-order valence-corrected chi connectivity index (χ0v) is 15.7. The molecule has 2 aromatic carbocycles. The first-order valence-electron chi connectivity index (χ1n) is 8.84. The number of hydrogen-bond donors (Lipinski definition) is 1. The zero-order valence-electron chi connectivity index (χ0n) is 15.0. The maximum atomic E-state index is 14.3. The van der Waals surface area contributed by atoms with Gasteiger partial charge in [0.1, 0.15) is 23.8 Å². The summed E-state index contributed by atoms with van der Waals surface area (Å²) in [6.45, 7) is 0.714. The van der Waals surface area contributed by atoms with E-state index in [-0.39, 0.29) is 17.2 Å². The Hall–Kier alpha value is -2.89. The normalized spacial score (nSPS) is 11.1. The standard InChI is InChI=1S/C22H18ClFN2O2/c23-21-18(14-27-13-16-11-26-22-17(16)7-4-10-25-22)19(24)8-9-20(21)28-12-15-5-2-1-3-6-15/h1-11H,12-14H2,(H,25,26). The van der Waals surface area contributed by atoms with Crippen molar-refractivity contribution >= 4 is 22.6 Å². The third-order valence-electron chi connectivity index (χ3n) is 4.43. The summed E-state index contributed by atoms with van der Waals surface area (Å²) in [6.07, 6.45) is 3.56. The van der Waals surface area contributed by atoms with Gasteiger partial charge in [-0.05, 0) is 29.8 Å². The van der Waals surface area contributed by atoms with Crippen molar-refractivity contribution in [1.82, 2.24) is 9.97 Å². The minimum atomic E-state index is -0.419. The van der Waals surface area contributed by atoms with Crippen molar-refractivity contribution in [3.05, 3.63) is 94.5 Å². The Bertz CT molecular complexity index is 1080. The molecule has 0 atom stereocenters. The number of fused-ring (bicyclic) bond motifs is 1. The lowest BCUT2D eigenvalue weighted by atomic mass is 10.2. The number of ether oxygens (including phenoxy) is 2. The van der Waals surface area contributed by atoms with Crippen LogP contribution in [0, 0.1) is 5.82 Å². The quantitative estimate of drug-likeness (QED) is 0.439. The molecular formula is C22H18ClFN2O2. The first kappa shape index (κ1) is 18.5. The average Bonchev–Trinajstić information content (AvgIpc) is 3.14. The van der Waals surface area contributed by atoms with Gasteiger partial charge in [-0.1, -0.05) is 41.9 Å². The molecule has 0 unspecified atom stereocenters. The number of benzene rings is 2. The average molecular weight is 397 g/mol. The Morgan fingerprint density at radius 1 is 0.964 bits per heavy atom. The van der Waals surface area contributed by atoms with E-state index in [0.29, 0.717) is 19.0 Å². The molecule has 4 rings (SSSR count).